The third kappa shape index (κ3) is 6.13. The highest BCUT2D eigenvalue weighted by Gasteiger charge is 2.43. The normalized spacial score (nSPS) is 18.4. The molecule has 208 valence electrons. The first-order valence-electron chi connectivity index (χ1n) is 12.4. The molecule has 4 rings (SSSR count). The summed E-state index contributed by atoms with van der Waals surface area (Å²) in [6.07, 6.45) is -0.289. The molecule has 0 bridgehead atoms. The Kier molecular flexibility index (Phi) is 8.09. The van der Waals surface area contributed by atoms with E-state index in [9.17, 15) is 22.8 Å². The van der Waals surface area contributed by atoms with Crippen LogP contribution in [-0.2, 0) is 42.1 Å². The van der Waals surface area contributed by atoms with E-state index in [1.54, 1.807) is 19.2 Å². The Balaban J connectivity index is 1.47. The van der Waals surface area contributed by atoms with Crippen LogP contribution in [-0.4, -0.2) is 62.5 Å². The third-order valence-corrected chi connectivity index (χ3v) is 8.81. The van der Waals surface area contributed by atoms with Gasteiger partial charge in [-0.2, -0.15) is 4.31 Å². The summed E-state index contributed by atoms with van der Waals surface area (Å²) in [6.45, 7) is 5.85. The van der Waals surface area contributed by atoms with Crippen molar-refractivity contribution in [3.05, 3.63) is 65.9 Å². The van der Waals surface area contributed by atoms with Gasteiger partial charge in [0.05, 0.1) is 10.7 Å². The lowest BCUT2D eigenvalue weighted by molar-refractivity contribution is -0.134. The number of rotatable bonds is 8. The maximum Gasteiger partial charge on any atom is 0.413 e. The summed E-state index contributed by atoms with van der Waals surface area (Å²) in [7, 11) is -1.89. The number of sulfonamides is 1. The molecule has 0 unspecified atom stereocenters. The molecule has 0 radical (unpaired) electrons. The lowest BCUT2D eigenvalue weighted by Gasteiger charge is -2.36. The molecule has 0 spiro atoms. The number of primary amides is 1. The number of benzene rings is 2. The van der Waals surface area contributed by atoms with Crippen LogP contribution in [0.5, 0.6) is 0 Å². The Morgan fingerprint density at radius 1 is 1.13 bits per heavy atom. The van der Waals surface area contributed by atoms with E-state index in [0.717, 1.165) is 22.3 Å². The summed E-state index contributed by atoms with van der Waals surface area (Å²) in [6, 6.07) is 11.6. The van der Waals surface area contributed by atoms with Crippen molar-refractivity contribution in [2.45, 2.75) is 49.2 Å². The van der Waals surface area contributed by atoms with Crippen molar-refractivity contribution in [3.63, 3.8) is 0 Å². The summed E-state index contributed by atoms with van der Waals surface area (Å²) < 4.78 is 36.3. The number of nitrogens with two attached hydrogens (primary N) is 1. The standard InChI is InChI=1S/C27H32N4O7S/c1-17(2)38-26(34)30-27(10-12-37-13-11-27)25(33)29-22(24(28)32)14-18-4-6-19(7-5-18)20-8-9-23-21(15-20)16-31(3)39(23,35)36/h4-9,15,22H,1,10-14,16H2,2-3H3,(H2,28,32)(H,29,33)(H,30,34)/t22-/m0/s1. The van der Waals surface area contributed by atoms with Gasteiger partial charge < -0.3 is 25.8 Å². The summed E-state index contributed by atoms with van der Waals surface area (Å²) in [4.78, 5) is 38.2. The Bertz CT molecular complexity index is 1400. The second-order valence-corrected chi connectivity index (χ2v) is 11.8. The summed E-state index contributed by atoms with van der Waals surface area (Å²) in [5, 5.41) is 5.31. The highest BCUT2D eigenvalue weighted by molar-refractivity contribution is 7.89. The monoisotopic (exact) mass is 556 g/mol. The number of carbonyl (C=O) groups is 3. The van der Waals surface area contributed by atoms with Crippen LogP contribution in [0.15, 0.2) is 59.7 Å². The highest BCUT2D eigenvalue weighted by atomic mass is 32.2. The first-order chi connectivity index (χ1) is 18.4. The number of amides is 3. The Morgan fingerprint density at radius 3 is 2.38 bits per heavy atom. The number of carbonyl (C=O) groups excluding carboxylic acids is 3. The molecular formula is C27H32N4O7S. The van der Waals surface area contributed by atoms with Gasteiger partial charge in [0.1, 0.15) is 11.6 Å². The van der Waals surface area contributed by atoms with Crippen LogP contribution in [0, 0.1) is 0 Å². The molecule has 2 aliphatic heterocycles. The van der Waals surface area contributed by atoms with Crippen molar-refractivity contribution in [1.29, 1.82) is 0 Å². The fourth-order valence-electron chi connectivity index (χ4n) is 4.72. The van der Waals surface area contributed by atoms with Crippen LogP contribution in [0.25, 0.3) is 11.1 Å². The minimum absolute atomic E-state index is 0.136. The molecule has 0 aliphatic carbocycles. The molecular weight excluding hydrogens is 524 g/mol. The number of nitrogens with one attached hydrogen (secondary N) is 2. The Labute approximate surface area is 227 Å². The second kappa shape index (κ2) is 11.2. The summed E-state index contributed by atoms with van der Waals surface area (Å²) >= 11 is 0. The average molecular weight is 557 g/mol. The van der Waals surface area contributed by atoms with Gasteiger partial charge in [0.15, 0.2) is 0 Å². The van der Waals surface area contributed by atoms with Crippen LogP contribution in [0.1, 0.15) is 30.9 Å². The second-order valence-electron chi connectivity index (χ2n) is 9.82. The molecule has 11 nitrogen and oxygen atoms in total. The van der Waals surface area contributed by atoms with E-state index >= 15 is 0 Å². The van der Waals surface area contributed by atoms with Gasteiger partial charge >= 0.3 is 6.09 Å². The van der Waals surface area contributed by atoms with Crippen molar-refractivity contribution >= 4 is 27.9 Å². The van der Waals surface area contributed by atoms with E-state index in [2.05, 4.69) is 17.2 Å². The molecule has 0 aromatic heterocycles. The van der Waals surface area contributed by atoms with E-state index in [1.807, 2.05) is 30.3 Å². The van der Waals surface area contributed by atoms with Gasteiger partial charge in [-0.1, -0.05) is 36.9 Å². The van der Waals surface area contributed by atoms with Crippen molar-refractivity contribution in [2.24, 2.45) is 5.73 Å². The number of allylic oxidation sites excluding steroid dienone is 1. The molecule has 39 heavy (non-hydrogen) atoms. The van der Waals surface area contributed by atoms with Crippen LogP contribution in [0.2, 0.25) is 0 Å². The first kappa shape index (κ1) is 28.3. The quantitative estimate of drug-likeness (QED) is 0.419. The number of hydrogen-bond acceptors (Lipinski definition) is 7. The lowest BCUT2D eigenvalue weighted by atomic mass is 9.88. The molecule has 4 N–H and O–H groups in total. The zero-order valence-corrected chi connectivity index (χ0v) is 22.7. The smallest absolute Gasteiger partial charge is 0.413 e. The zero-order valence-electron chi connectivity index (χ0n) is 21.9. The van der Waals surface area contributed by atoms with E-state index in [4.69, 9.17) is 15.2 Å². The largest absolute Gasteiger partial charge is 0.416 e. The molecule has 1 fully saturated rings. The van der Waals surface area contributed by atoms with Crippen LogP contribution in [0.4, 0.5) is 4.79 Å². The number of hydrogen-bond donors (Lipinski definition) is 3. The molecule has 3 amide bonds. The summed E-state index contributed by atoms with van der Waals surface area (Å²) in [5.41, 5.74) is 7.52. The first-order valence-corrected chi connectivity index (χ1v) is 13.9. The zero-order chi connectivity index (χ0) is 28.4. The predicted octanol–water partition coefficient (Wildman–Crippen LogP) is 1.81. The van der Waals surface area contributed by atoms with Crippen LogP contribution in [0.3, 0.4) is 0 Å². The van der Waals surface area contributed by atoms with Crippen molar-refractivity contribution < 1.29 is 32.3 Å². The van der Waals surface area contributed by atoms with Gasteiger partial charge in [0.2, 0.25) is 21.8 Å². The Morgan fingerprint density at radius 2 is 1.77 bits per heavy atom. The number of alkyl carbamates (subject to hydrolysis) is 1. The van der Waals surface area contributed by atoms with Gasteiger partial charge in [0.25, 0.3) is 0 Å². The average Bonchev–Trinajstić information content (AvgIpc) is 3.11. The minimum Gasteiger partial charge on any atom is -0.416 e. The molecule has 2 heterocycles. The summed E-state index contributed by atoms with van der Waals surface area (Å²) in [5.74, 6) is -1.10. The molecule has 12 heteroatoms. The molecule has 1 saturated heterocycles. The van der Waals surface area contributed by atoms with Crippen LogP contribution < -0.4 is 16.4 Å². The number of ether oxygens (including phenoxy) is 2. The third-order valence-electron chi connectivity index (χ3n) is 6.91. The molecule has 1 atom stereocenters. The minimum atomic E-state index is -3.43. The molecule has 2 aliphatic rings. The topological polar surface area (TPSA) is 157 Å². The molecule has 2 aromatic rings. The van der Waals surface area contributed by atoms with E-state index in [-0.39, 0.29) is 38.2 Å². The van der Waals surface area contributed by atoms with E-state index in [0.29, 0.717) is 11.4 Å². The fourth-order valence-corrected chi connectivity index (χ4v) is 6.06. The van der Waals surface area contributed by atoms with Crippen molar-refractivity contribution in [1.82, 2.24) is 14.9 Å². The van der Waals surface area contributed by atoms with Gasteiger partial charge in [-0.3, -0.25) is 9.59 Å². The van der Waals surface area contributed by atoms with Gasteiger partial charge in [-0.25, -0.2) is 13.2 Å². The van der Waals surface area contributed by atoms with E-state index < -0.39 is 39.5 Å². The van der Waals surface area contributed by atoms with Crippen LogP contribution >= 0.6 is 0 Å². The van der Waals surface area contributed by atoms with Crippen molar-refractivity contribution in [3.8, 4) is 11.1 Å². The van der Waals surface area contributed by atoms with Crippen molar-refractivity contribution in [2.75, 3.05) is 20.3 Å². The number of fused-ring (bicyclic) bond motifs is 1. The SMILES string of the molecule is C=C(C)OC(=O)NC1(C(=O)N[C@@H](Cc2ccc(-c3ccc4c(c3)CN(C)S4(=O)=O)cc2)C(N)=O)CCOCC1. The maximum atomic E-state index is 13.3. The molecule has 2 aromatic carbocycles. The highest BCUT2D eigenvalue weighted by Crippen LogP contribution is 2.32. The number of nitrogens with zero attached hydrogens (tertiary/aromatic N) is 1. The lowest BCUT2D eigenvalue weighted by Crippen LogP contribution is -2.63. The fraction of sp³-hybridized carbons (Fsp3) is 0.370. The predicted molar refractivity (Wildman–Crippen MR) is 143 cm³/mol. The van der Waals surface area contributed by atoms with Gasteiger partial charge in [-0.15, -0.1) is 0 Å². The Hall–Kier alpha value is -3.74. The molecule has 0 saturated carbocycles. The maximum absolute atomic E-state index is 13.3. The van der Waals surface area contributed by atoms with Gasteiger partial charge in [-0.05, 0) is 41.3 Å². The van der Waals surface area contributed by atoms with Gasteiger partial charge in [0, 0.05) is 46.1 Å². The van der Waals surface area contributed by atoms with E-state index in [1.165, 1.54) is 11.2 Å².